The molecule has 1 N–H and O–H groups in total. The van der Waals surface area contributed by atoms with Crippen molar-refractivity contribution in [3.8, 4) is 0 Å². The maximum atomic E-state index is 13.6. The molecule has 0 amide bonds. The summed E-state index contributed by atoms with van der Waals surface area (Å²) in [4.78, 5) is 6.57. The third-order valence-corrected chi connectivity index (χ3v) is 4.09. The number of benzene rings is 1. The van der Waals surface area contributed by atoms with Crippen molar-refractivity contribution in [2.45, 2.75) is 26.7 Å². The second kappa shape index (κ2) is 9.39. The van der Waals surface area contributed by atoms with E-state index in [-0.39, 0.29) is 24.0 Å². The van der Waals surface area contributed by atoms with Crippen LogP contribution in [-0.4, -0.2) is 37.5 Å². The zero-order valence-corrected chi connectivity index (χ0v) is 16.3. The number of guanidine groups is 1. The van der Waals surface area contributed by atoms with E-state index < -0.39 is 11.6 Å². The first-order chi connectivity index (χ1) is 10.5. The molecule has 2 unspecified atom stereocenters. The van der Waals surface area contributed by atoms with E-state index in [1.807, 2.05) is 0 Å². The fraction of sp³-hybridized carbons (Fsp3) is 0.588. The van der Waals surface area contributed by atoms with E-state index >= 15 is 0 Å². The van der Waals surface area contributed by atoms with Crippen molar-refractivity contribution >= 4 is 29.9 Å². The van der Waals surface area contributed by atoms with Crippen molar-refractivity contribution < 1.29 is 8.78 Å². The van der Waals surface area contributed by atoms with Gasteiger partial charge in [-0.2, -0.15) is 0 Å². The predicted molar refractivity (Wildman–Crippen MR) is 101 cm³/mol. The van der Waals surface area contributed by atoms with E-state index in [0.717, 1.165) is 25.1 Å². The molecule has 1 aromatic rings. The van der Waals surface area contributed by atoms with Gasteiger partial charge < -0.3 is 10.2 Å². The number of aliphatic imine (C=N–C) groups is 1. The quantitative estimate of drug-likeness (QED) is 0.444. The lowest BCUT2D eigenvalue weighted by atomic mass is 9.92. The zero-order valence-electron chi connectivity index (χ0n) is 14.0. The van der Waals surface area contributed by atoms with E-state index in [2.05, 4.69) is 29.1 Å². The molecule has 2 rings (SSSR count). The van der Waals surface area contributed by atoms with Crippen LogP contribution in [0.3, 0.4) is 0 Å². The van der Waals surface area contributed by atoms with Crippen LogP contribution in [0, 0.1) is 23.5 Å². The number of nitrogens with one attached hydrogen (secondary N) is 1. The van der Waals surface area contributed by atoms with E-state index in [4.69, 9.17) is 0 Å². The van der Waals surface area contributed by atoms with E-state index in [1.165, 1.54) is 12.5 Å². The van der Waals surface area contributed by atoms with Gasteiger partial charge in [0.2, 0.25) is 0 Å². The number of likely N-dealkylation sites (tertiary alicyclic amines) is 1. The molecule has 0 aromatic heterocycles. The molecule has 1 saturated heterocycles. The minimum atomic E-state index is -0.791. The number of nitrogens with zero attached hydrogens (tertiary/aromatic N) is 2. The minimum Gasteiger partial charge on any atom is -0.356 e. The number of hydrogen-bond donors (Lipinski definition) is 1. The third kappa shape index (κ3) is 5.58. The number of rotatable bonds is 3. The first-order valence-electron chi connectivity index (χ1n) is 7.89. The summed E-state index contributed by atoms with van der Waals surface area (Å²) in [5.41, 5.74) is 0.392. The highest BCUT2D eigenvalue weighted by molar-refractivity contribution is 14.0. The average molecular weight is 437 g/mol. The Morgan fingerprint density at radius 1 is 1.26 bits per heavy atom. The van der Waals surface area contributed by atoms with Gasteiger partial charge in [0.05, 0.1) is 0 Å². The monoisotopic (exact) mass is 437 g/mol. The third-order valence-electron chi connectivity index (χ3n) is 4.09. The van der Waals surface area contributed by atoms with E-state index in [0.29, 0.717) is 30.4 Å². The lowest BCUT2D eigenvalue weighted by Crippen LogP contribution is -2.48. The predicted octanol–water partition coefficient (Wildman–Crippen LogP) is 3.68. The molecule has 2 atom stereocenters. The Bertz CT molecular complexity index is 527. The largest absolute Gasteiger partial charge is 0.356 e. The zero-order chi connectivity index (χ0) is 16.1. The van der Waals surface area contributed by atoms with Gasteiger partial charge in [-0.1, -0.05) is 26.0 Å². The van der Waals surface area contributed by atoms with Crippen molar-refractivity contribution in [1.82, 2.24) is 10.2 Å². The molecule has 0 spiro atoms. The molecule has 0 bridgehead atoms. The van der Waals surface area contributed by atoms with Crippen LogP contribution in [0.15, 0.2) is 23.2 Å². The van der Waals surface area contributed by atoms with Crippen LogP contribution < -0.4 is 5.32 Å². The maximum Gasteiger partial charge on any atom is 0.193 e. The van der Waals surface area contributed by atoms with Crippen LogP contribution in [0.4, 0.5) is 8.78 Å². The summed E-state index contributed by atoms with van der Waals surface area (Å²) < 4.78 is 26.8. The number of hydrogen-bond acceptors (Lipinski definition) is 1. The number of piperidine rings is 1. The summed E-state index contributed by atoms with van der Waals surface area (Å²) in [5.74, 6) is 0.584. The van der Waals surface area contributed by atoms with Crippen molar-refractivity contribution in [1.29, 1.82) is 0 Å². The second-order valence-corrected chi connectivity index (χ2v) is 6.29. The lowest BCUT2D eigenvalue weighted by molar-refractivity contribution is 0.208. The molecule has 23 heavy (non-hydrogen) atoms. The Kier molecular flexibility index (Phi) is 8.22. The van der Waals surface area contributed by atoms with E-state index in [9.17, 15) is 8.78 Å². The Balaban J connectivity index is 0.00000264. The van der Waals surface area contributed by atoms with Crippen LogP contribution in [0.5, 0.6) is 0 Å². The highest BCUT2D eigenvalue weighted by Crippen LogP contribution is 2.20. The van der Waals surface area contributed by atoms with Gasteiger partial charge in [-0.15, -0.1) is 24.0 Å². The molecule has 0 aliphatic carbocycles. The molecule has 0 radical (unpaired) electrons. The van der Waals surface area contributed by atoms with Crippen LogP contribution in [0.1, 0.15) is 25.8 Å². The first kappa shape index (κ1) is 20.1. The fourth-order valence-electron chi connectivity index (χ4n) is 3.22. The summed E-state index contributed by atoms with van der Waals surface area (Å²) >= 11 is 0. The lowest BCUT2D eigenvalue weighted by Gasteiger charge is -2.37. The second-order valence-electron chi connectivity index (χ2n) is 6.29. The van der Waals surface area contributed by atoms with Crippen molar-refractivity contribution in [2.24, 2.45) is 16.8 Å². The highest BCUT2D eigenvalue weighted by Gasteiger charge is 2.23. The fourth-order valence-corrected chi connectivity index (χ4v) is 3.22. The van der Waals surface area contributed by atoms with Crippen LogP contribution in [0.25, 0.3) is 0 Å². The summed E-state index contributed by atoms with van der Waals surface area (Å²) in [6.07, 6.45) is 1.67. The van der Waals surface area contributed by atoms with Gasteiger partial charge in [0.15, 0.2) is 17.6 Å². The topological polar surface area (TPSA) is 27.6 Å². The summed E-state index contributed by atoms with van der Waals surface area (Å²) in [6.45, 7) is 7.00. The molecule has 1 aromatic carbocycles. The van der Waals surface area contributed by atoms with Gasteiger partial charge >= 0.3 is 0 Å². The van der Waals surface area contributed by atoms with Crippen molar-refractivity contribution in [3.05, 3.63) is 35.4 Å². The summed E-state index contributed by atoms with van der Waals surface area (Å²) in [5, 5.41) is 3.26. The molecule has 1 aliphatic rings. The molecule has 6 heteroatoms. The molecular weight excluding hydrogens is 411 g/mol. The van der Waals surface area contributed by atoms with E-state index in [1.54, 1.807) is 13.1 Å². The van der Waals surface area contributed by atoms with Gasteiger partial charge in [0, 0.05) is 26.7 Å². The standard InChI is InChI=1S/C17H25F2N3.HI/c1-12-9-13(2)11-22(10-12)17(20-3)21-8-7-14-5-4-6-15(18)16(14)19;/h4-6,12-13H,7-11H2,1-3H3,(H,20,21);1H. The Hall–Kier alpha value is -0.920. The highest BCUT2D eigenvalue weighted by atomic mass is 127. The van der Waals surface area contributed by atoms with Gasteiger partial charge in [-0.3, -0.25) is 4.99 Å². The van der Waals surface area contributed by atoms with Crippen LogP contribution in [-0.2, 0) is 6.42 Å². The van der Waals surface area contributed by atoms with Gasteiger partial charge in [-0.05, 0) is 36.3 Å². The number of halogens is 3. The van der Waals surface area contributed by atoms with Crippen molar-refractivity contribution in [2.75, 3.05) is 26.7 Å². The summed E-state index contributed by atoms with van der Waals surface area (Å²) in [7, 11) is 1.76. The minimum absolute atomic E-state index is 0. The molecule has 0 saturated carbocycles. The molecule has 3 nitrogen and oxygen atoms in total. The Morgan fingerprint density at radius 2 is 1.91 bits per heavy atom. The molecule has 1 heterocycles. The summed E-state index contributed by atoms with van der Waals surface area (Å²) in [6, 6.07) is 4.30. The van der Waals surface area contributed by atoms with Crippen molar-refractivity contribution in [3.63, 3.8) is 0 Å². The van der Waals surface area contributed by atoms with Gasteiger partial charge in [0.1, 0.15) is 0 Å². The molecular formula is C17H26F2IN3. The smallest absolute Gasteiger partial charge is 0.193 e. The Labute approximate surface area is 154 Å². The first-order valence-corrected chi connectivity index (χ1v) is 7.89. The average Bonchev–Trinajstić information content (AvgIpc) is 2.46. The van der Waals surface area contributed by atoms with Gasteiger partial charge in [-0.25, -0.2) is 8.78 Å². The molecule has 1 aliphatic heterocycles. The maximum absolute atomic E-state index is 13.6. The normalized spacial score (nSPS) is 21.8. The SMILES string of the molecule is CN=C(NCCc1cccc(F)c1F)N1CC(C)CC(C)C1.I. The molecule has 1 fully saturated rings. The Morgan fingerprint density at radius 3 is 2.52 bits per heavy atom. The van der Waals surface area contributed by atoms with Crippen LogP contribution in [0.2, 0.25) is 0 Å². The van der Waals surface area contributed by atoms with Gasteiger partial charge in [0.25, 0.3) is 0 Å². The molecule has 130 valence electrons. The van der Waals surface area contributed by atoms with Crippen LogP contribution >= 0.6 is 24.0 Å².